The fourth-order valence-electron chi connectivity index (χ4n) is 0. The maximum absolute atomic E-state index is 9.45. The minimum Gasteiger partial charge on any atom is -0.312 e. The van der Waals surface area contributed by atoms with Crippen molar-refractivity contribution in [2.45, 2.75) is 0 Å². The number of alkyl halides is 1. The number of rotatable bonds is 1. The number of hydrogen-bond acceptors (Lipinski definition) is 2. The van der Waals surface area contributed by atoms with Crippen LogP contribution in [0.5, 0.6) is 0 Å². The van der Waals surface area contributed by atoms with Gasteiger partial charge in [-0.3, -0.25) is 4.79 Å². The van der Waals surface area contributed by atoms with Crippen molar-refractivity contribution in [2.75, 3.05) is 27.0 Å². The summed E-state index contributed by atoms with van der Waals surface area (Å²) < 4.78 is 0. The van der Waals surface area contributed by atoms with Gasteiger partial charge in [0.2, 0.25) is 5.24 Å². The topological polar surface area (TPSA) is 20.3 Å². The molecule has 0 spiro atoms. The molecule has 9 heavy (non-hydrogen) atoms. The van der Waals surface area contributed by atoms with Crippen LogP contribution in [-0.2, 0) is 4.79 Å². The summed E-state index contributed by atoms with van der Waals surface area (Å²) in [4.78, 5) is 11.4. The molecular weight excluding hydrogens is 161 g/mol. The molecule has 0 saturated carbocycles. The van der Waals surface area contributed by atoms with E-state index in [1.165, 1.54) is 0 Å². The highest BCUT2D eigenvalue weighted by molar-refractivity contribution is 6.67. The number of nitrogens with zero attached hydrogens (tertiary/aromatic N) is 1. The zero-order valence-corrected chi connectivity index (χ0v) is 7.33. The van der Waals surface area contributed by atoms with Gasteiger partial charge >= 0.3 is 0 Å². The highest BCUT2D eigenvalue weighted by Crippen LogP contribution is 1.80. The van der Waals surface area contributed by atoms with E-state index in [0.717, 1.165) is 0 Å². The third kappa shape index (κ3) is 64.8. The van der Waals surface area contributed by atoms with Gasteiger partial charge in [0, 0.05) is 0 Å². The Hall–Kier alpha value is 0.210. The number of hydrogen-bond donors (Lipinski definition) is 0. The van der Waals surface area contributed by atoms with E-state index in [4.69, 9.17) is 23.2 Å². The molecule has 0 unspecified atom stereocenters. The Kier molecular flexibility index (Phi) is 10.9. The third-order valence-corrected chi connectivity index (χ3v) is 0.618. The summed E-state index contributed by atoms with van der Waals surface area (Å²) >= 11 is 9.55. The summed E-state index contributed by atoms with van der Waals surface area (Å²) in [6.45, 7) is 0. The first-order chi connectivity index (χ1) is 4.00. The van der Waals surface area contributed by atoms with Crippen LogP contribution in [0.2, 0.25) is 0 Å². The Morgan fingerprint density at radius 3 is 1.56 bits per heavy atom. The Labute approximate surface area is 65.7 Å². The predicted molar refractivity (Wildman–Crippen MR) is 41.2 cm³/mol. The lowest BCUT2D eigenvalue weighted by molar-refractivity contribution is -0.109. The highest BCUT2D eigenvalue weighted by atomic mass is 35.5. The van der Waals surface area contributed by atoms with Crippen LogP contribution >= 0.6 is 23.2 Å². The predicted octanol–water partition coefficient (Wildman–Crippen LogP) is 1.17. The first kappa shape index (κ1) is 11.9. The molecule has 0 aromatic heterocycles. The Morgan fingerprint density at radius 2 is 1.56 bits per heavy atom. The van der Waals surface area contributed by atoms with E-state index in [9.17, 15) is 4.79 Å². The lowest BCUT2D eigenvalue weighted by Crippen LogP contribution is -1.99. The molecule has 0 saturated heterocycles. The van der Waals surface area contributed by atoms with Crippen LogP contribution in [-0.4, -0.2) is 37.2 Å². The average Bonchev–Trinajstić information content (AvgIpc) is 1.65. The minimum absolute atomic E-state index is 0.0957. The first-order valence-corrected chi connectivity index (χ1v) is 3.27. The maximum Gasteiger partial charge on any atom is 0.236 e. The Morgan fingerprint density at radius 1 is 1.44 bits per heavy atom. The van der Waals surface area contributed by atoms with Crippen molar-refractivity contribution >= 4 is 28.4 Å². The molecular formula is C5H11Cl2NO. The van der Waals surface area contributed by atoms with Crippen LogP contribution in [0.15, 0.2) is 0 Å². The zero-order chi connectivity index (χ0) is 7.86. The van der Waals surface area contributed by atoms with Gasteiger partial charge in [0.25, 0.3) is 0 Å². The smallest absolute Gasteiger partial charge is 0.236 e. The van der Waals surface area contributed by atoms with Crippen LogP contribution in [0.1, 0.15) is 0 Å². The zero-order valence-electron chi connectivity index (χ0n) is 5.82. The second-order valence-corrected chi connectivity index (χ2v) is 2.52. The van der Waals surface area contributed by atoms with E-state index in [0.29, 0.717) is 0 Å². The summed E-state index contributed by atoms with van der Waals surface area (Å²) in [5.74, 6) is -0.0957. The number of halogens is 2. The molecule has 0 rings (SSSR count). The lowest BCUT2D eigenvalue weighted by atomic mass is 10.9. The van der Waals surface area contributed by atoms with Crippen LogP contribution < -0.4 is 0 Å². The summed E-state index contributed by atoms with van der Waals surface area (Å²) in [6, 6.07) is 0. The van der Waals surface area contributed by atoms with Crippen LogP contribution in [0.3, 0.4) is 0 Å². The van der Waals surface area contributed by atoms with Gasteiger partial charge in [0.1, 0.15) is 0 Å². The molecule has 0 fully saturated rings. The quantitative estimate of drug-likeness (QED) is 0.437. The van der Waals surface area contributed by atoms with E-state index in [1.54, 1.807) is 0 Å². The molecule has 0 aliphatic carbocycles. The molecule has 0 amide bonds. The Balaban J connectivity index is 0. The standard InChI is InChI=1S/C3H9N.C2H2Cl2O/c1-4(2)3;3-1-2(4)5/h1-3H3;1H2. The summed E-state index contributed by atoms with van der Waals surface area (Å²) in [5, 5.41) is -0.508. The molecule has 0 aromatic rings. The first-order valence-electron chi connectivity index (χ1n) is 2.36. The second-order valence-electron chi connectivity index (χ2n) is 1.83. The maximum atomic E-state index is 9.45. The third-order valence-electron chi connectivity index (χ3n) is 0.105. The summed E-state index contributed by atoms with van der Waals surface area (Å²) in [7, 11) is 6.00. The van der Waals surface area contributed by atoms with Gasteiger partial charge in [-0.1, -0.05) is 0 Å². The van der Waals surface area contributed by atoms with Gasteiger partial charge in [-0.15, -0.1) is 11.6 Å². The van der Waals surface area contributed by atoms with Crippen LogP contribution in [0, 0.1) is 0 Å². The van der Waals surface area contributed by atoms with E-state index in [1.807, 2.05) is 26.0 Å². The minimum atomic E-state index is -0.508. The molecule has 0 N–H and O–H groups in total. The molecule has 0 bridgehead atoms. The molecule has 56 valence electrons. The average molecular weight is 172 g/mol. The largest absolute Gasteiger partial charge is 0.312 e. The molecule has 2 nitrogen and oxygen atoms in total. The normalized spacial score (nSPS) is 8.22. The molecule has 0 aliphatic heterocycles. The number of carbonyl (C=O) groups excluding carboxylic acids is 1. The van der Waals surface area contributed by atoms with Crippen molar-refractivity contribution in [2.24, 2.45) is 0 Å². The monoisotopic (exact) mass is 171 g/mol. The summed E-state index contributed by atoms with van der Waals surface area (Å²) in [5.41, 5.74) is 0. The van der Waals surface area contributed by atoms with Gasteiger partial charge < -0.3 is 4.90 Å². The fourth-order valence-corrected chi connectivity index (χ4v) is 0. The van der Waals surface area contributed by atoms with Crippen LogP contribution in [0.25, 0.3) is 0 Å². The van der Waals surface area contributed by atoms with Crippen molar-refractivity contribution in [3.8, 4) is 0 Å². The van der Waals surface area contributed by atoms with Gasteiger partial charge in [-0.25, -0.2) is 0 Å². The van der Waals surface area contributed by atoms with Crippen LogP contribution in [0.4, 0.5) is 0 Å². The van der Waals surface area contributed by atoms with Crippen molar-refractivity contribution in [3.05, 3.63) is 0 Å². The summed E-state index contributed by atoms with van der Waals surface area (Å²) in [6.07, 6.45) is 0. The van der Waals surface area contributed by atoms with E-state index in [2.05, 4.69) is 0 Å². The lowest BCUT2D eigenvalue weighted by Gasteiger charge is -1.90. The molecule has 0 heterocycles. The second kappa shape index (κ2) is 8.21. The van der Waals surface area contributed by atoms with E-state index in [-0.39, 0.29) is 5.88 Å². The van der Waals surface area contributed by atoms with Crippen molar-refractivity contribution in [1.29, 1.82) is 0 Å². The van der Waals surface area contributed by atoms with Gasteiger partial charge in [0.15, 0.2) is 0 Å². The highest BCUT2D eigenvalue weighted by Gasteiger charge is 1.83. The van der Waals surface area contributed by atoms with E-state index < -0.39 is 5.24 Å². The van der Waals surface area contributed by atoms with Crippen molar-refractivity contribution in [3.63, 3.8) is 0 Å². The van der Waals surface area contributed by atoms with Crippen molar-refractivity contribution in [1.82, 2.24) is 4.90 Å². The SMILES string of the molecule is CN(C)C.O=C(Cl)CCl. The van der Waals surface area contributed by atoms with E-state index >= 15 is 0 Å². The van der Waals surface area contributed by atoms with Gasteiger partial charge in [0.05, 0.1) is 5.88 Å². The van der Waals surface area contributed by atoms with Gasteiger partial charge in [-0.05, 0) is 32.7 Å². The number of carbonyl (C=O) groups is 1. The molecule has 0 radical (unpaired) electrons. The molecule has 4 heteroatoms. The molecule has 0 atom stereocenters. The van der Waals surface area contributed by atoms with Crippen molar-refractivity contribution < 1.29 is 4.79 Å². The molecule has 0 aromatic carbocycles. The fraction of sp³-hybridized carbons (Fsp3) is 0.800. The van der Waals surface area contributed by atoms with Gasteiger partial charge in [-0.2, -0.15) is 0 Å². The molecule has 0 aliphatic rings. The Bertz CT molecular complexity index is 72.6.